The summed E-state index contributed by atoms with van der Waals surface area (Å²) in [4.78, 5) is 1.98. The molecule has 0 aromatic heterocycles. The van der Waals surface area contributed by atoms with Crippen LogP contribution in [-0.4, -0.2) is 13.6 Å². The molecule has 1 aromatic rings. The number of alkyl halides is 1. The summed E-state index contributed by atoms with van der Waals surface area (Å²) in [7, 11) is 1.92. The van der Waals surface area contributed by atoms with Gasteiger partial charge in [-0.15, -0.1) is 11.6 Å². The van der Waals surface area contributed by atoms with Gasteiger partial charge in [0.25, 0.3) is 0 Å². The molecular formula is C12H14Cl2N2. The van der Waals surface area contributed by atoms with Crippen molar-refractivity contribution >= 4 is 28.9 Å². The van der Waals surface area contributed by atoms with Gasteiger partial charge in [-0.1, -0.05) is 23.7 Å². The van der Waals surface area contributed by atoms with Crippen LogP contribution < -0.4 is 4.90 Å². The Kier molecular flexibility index (Phi) is 4.92. The number of hydrogen-bond acceptors (Lipinski definition) is 2. The van der Waals surface area contributed by atoms with Gasteiger partial charge in [0.2, 0.25) is 0 Å². The van der Waals surface area contributed by atoms with Crippen molar-refractivity contribution < 1.29 is 0 Å². The Bertz CT molecular complexity index is 398. The highest BCUT2D eigenvalue weighted by Crippen LogP contribution is 2.30. The summed E-state index contributed by atoms with van der Waals surface area (Å²) in [5, 5.41) is 9.46. The molecule has 2 nitrogen and oxygen atoms in total. The Labute approximate surface area is 106 Å². The van der Waals surface area contributed by atoms with Crippen molar-refractivity contribution in [2.45, 2.75) is 12.8 Å². The molecule has 16 heavy (non-hydrogen) atoms. The molecule has 0 amide bonds. The van der Waals surface area contributed by atoms with Crippen molar-refractivity contribution in [2.24, 2.45) is 5.92 Å². The van der Waals surface area contributed by atoms with Crippen LogP contribution in [0.4, 0.5) is 5.69 Å². The molecule has 0 aliphatic heterocycles. The molecule has 1 atom stereocenters. The van der Waals surface area contributed by atoms with E-state index < -0.39 is 0 Å². The molecular weight excluding hydrogens is 243 g/mol. The molecule has 86 valence electrons. The Morgan fingerprint density at radius 2 is 2.19 bits per heavy atom. The van der Waals surface area contributed by atoms with Crippen molar-refractivity contribution in [3.8, 4) is 6.07 Å². The summed E-state index contributed by atoms with van der Waals surface area (Å²) in [6.45, 7) is 2.53. The van der Waals surface area contributed by atoms with Gasteiger partial charge < -0.3 is 4.90 Å². The summed E-state index contributed by atoms with van der Waals surface area (Å²) in [6, 6.07) is 7.86. The second kappa shape index (κ2) is 5.98. The average Bonchev–Trinajstić information content (AvgIpc) is 2.28. The number of benzene rings is 1. The van der Waals surface area contributed by atoms with E-state index in [1.165, 1.54) is 0 Å². The molecule has 0 N–H and O–H groups in total. The Morgan fingerprint density at radius 3 is 2.75 bits per heavy atom. The summed E-state index contributed by atoms with van der Waals surface area (Å²) in [6.07, 6.45) is 0. The van der Waals surface area contributed by atoms with E-state index in [9.17, 15) is 0 Å². The fraction of sp³-hybridized carbons (Fsp3) is 0.417. The highest BCUT2D eigenvalue weighted by atomic mass is 35.5. The number of rotatable bonds is 4. The third kappa shape index (κ3) is 3.04. The SMILES string of the molecule is CC(C#N)CN(C)c1c(Cl)cccc1CCl. The Balaban J connectivity index is 2.98. The van der Waals surface area contributed by atoms with Gasteiger partial charge in [-0.05, 0) is 18.6 Å². The fourth-order valence-electron chi connectivity index (χ4n) is 1.64. The van der Waals surface area contributed by atoms with Crippen LogP contribution >= 0.6 is 23.2 Å². The lowest BCUT2D eigenvalue weighted by molar-refractivity contribution is 0.715. The minimum absolute atomic E-state index is 0.0375. The predicted molar refractivity (Wildman–Crippen MR) is 69.1 cm³/mol. The van der Waals surface area contributed by atoms with Gasteiger partial charge in [0, 0.05) is 19.5 Å². The smallest absolute Gasteiger partial charge is 0.0671 e. The van der Waals surface area contributed by atoms with Crippen LogP contribution in [0.15, 0.2) is 18.2 Å². The van der Waals surface area contributed by atoms with Gasteiger partial charge in [-0.2, -0.15) is 5.26 Å². The van der Waals surface area contributed by atoms with E-state index in [-0.39, 0.29) is 5.92 Å². The topological polar surface area (TPSA) is 27.0 Å². The van der Waals surface area contributed by atoms with Crippen molar-refractivity contribution in [2.75, 3.05) is 18.5 Å². The molecule has 0 aliphatic rings. The van der Waals surface area contributed by atoms with Crippen molar-refractivity contribution in [1.82, 2.24) is 0 Å². The largest absolute Gasteiger partial charge is 0.372 e. The Hall–Kier alpha value is -0.910. The van der Waals surface area contributed by atoms with Crippen LogP contribution in [0.1, 0.15) is 12.5 Å². The second-order valence-corrected chi connectivity index (χ2v) is 4.47. The van der Waals surface area contributed by atoms with Crippen molar-refractivity contribution in [3.63, 3.8) is 0 Å². The number of nitriles is 1. The zero-order valence-electron chi connectivity index (χ0n) is 9.37. The molecule has 0 fully saturated rings. The third-order valence-electron chi connectivity index (χ3n) is 2.36. The fourth-order valence-corrected chi connectivity index (χ4v) is 2.19. The monoisotopic (exact) mass is 256 g/mol. The zero-order chi connectivity index (χ0) is 12.1. The molecule has 4 heteroatoms. The summed E-state index contributed by atoms with van der Waals surface area (Å²) in [5.41, 5.74) is 1.91. The molecule has 0 aliphatic carbocycles. The van der Waals surface area contributed by atoms with Crippen LogP contribution in [0.25, 0.3) is 0 Å². The highest BCUT2D eigenvalue weighted by molar-refractivity contribution is 6.33. The van der Waals surface area contributed by atoms with Gasteiger partial charge in [-0.3, -0.25) is 0 Å². The normalized spacial score (nSPS) is 11.9. The molecule has 0 heterocycles. The first-order valence-corrected chi connectivity index (χ1v) is 5.95. The van der Waals surface area contributed by atoms with Gasteiger partial charge in [0.15, 0.2) is 0 Å². The lowest BCUT2D eigenvalue weighted by Crippen LogP contribution is -2.24. The number of hydrogen-bond donors (Lipinski definition) is 0. The molecule has 0 saturated heterocycles. The molecule has 0 saturated carbocycles. The van der Waals surface area contributed by atoms with Crippen molar-refractivity contribution in [1.29, 1.82) is 5.26 Å². The lowest BCUT2D eigenvalue weighted by atomic mass is 10.1. The molecule has 1 aromatic carbocycles. The minimum Gasteiger partial charge on any atom is -0.372 e. The predicted octanol–water partition coefficient (Wildman–Crippen LogP) is 3.67. The number of anilines is 1. The second-order valence-electron chi connectivity index (χ2n) is 3.79. The number of nitrogens with zero attached hydrogens (tertiary/aromatic N) is 2. The van der Waals surface area contributed by atoms with E-state index in [1.54, 1.807) is 0 Å². The maximum Gasteiger partial charge on any atom is 0.0671 e. The first-order chi connectivity index (χ1) is 7.60. The van der Waals surface area contributed by atoms with E-state index >= 15 is 0 Å². The van der Waals surface area contributed by atoms with E-state index in [0.29, 0.717) is 17.4 Å². The van der Waals surface area contributed by atoms with Gasteiger partial charge in [-0.25, -0.2) is 0 Å². The van der Waals surface area contributed by atoms with Gasteiger partial charge in [0.1, 0.15) is 0 Å². The van der Waals surface area contributed by atoms with E-state index in [0.717, 1.165) is 11.3 Å². The quantitative estimate of drug-likeness (QED) is 0.769. The van der Waals surface area contributed by atoms with Gasteiger partial charge >= 0.3 is 0 Å². The van der Waals surface area contributed by atoms with Crippen LogP contribution in [0.3, 0.4) is 0 Å². The number of halogens is 2. The van der Waals surface area contributed by atoms with E-state index in [1.807, 2.05) is 37.1 Å². The van der Waals surface area contributed by atoms with E-state index in [4.69, 9.17) is 28.5 Å². The Morgan fingerprint density at radius 1 is 1.50 bits per heavy atom. The summed E-state index contributed by atoms with van der Waals surface area (Å²) in [5.74, 6) is 0.380. The highest BCUT2D eigenvalue weighted by Gasteiger charge is 2.13. The molecule has 0 spiro atoms. The molecule has 0 radical (unpaired) electrons. The zero-order valence-corrected chi connectivity index (χ0v) is 10.9. The third-order valence-corrected chi connectivity index (χ3v) is 2.96. The first kappa shape index (κ1) is 13.2. The first-order valence-electron chi connectivity index (χ1n) is 5.04. The van der Waals surface area contributed by atoms with Crippen LogP contribution in [0, 0.1) is 17.2 Å². The maximum absolute atomic E-state index is 8.79. The average molecular weight is 257 g/mol. The summed E-state index contributed by atoms with van der Waals surface area (Å²) < 4.78 is 0. The molecule has 1 unspecified atom stereocenters. The standard InChI is InChI=1S/C12H14Cl2N2/c1-9(7-15)8-16(2)12-10(6-13)4-3-5-11(12)14/h3-5,9H,6,8H2,1-2H3. The lowest BCUT2D eigenvalue weighted by Gasteiger charge is -2.24. The van der Waals surface area contributed by atoms with E-state index in [2.05, 4.69) is 6.07 Å². The molecule has 1 rings (SSSR count). The molecule has 0 bridgehead atoms. The minimum atomic E-state index is -0.0375. The number of para-hydroxylation sites is 1. The van der Waals surface area contributed by atoms with Crippen molar-refractivity contribution in [3.05, 3.63) is 28.8 Å². The van der Waals surface area contributed by atoms with Crippen LogP contribution in [0.2, 0.25) is 5.02 Å². The maximum atomic E-state index is 8.79. The van der Waals surface area contributed by atoms with Crippen LogP contribution in [0.5, 0.6) is 0 Å². The van der Waals surface area contributed by atoms with Crippen LogP contribution in [-0.2, 0) is 5.88 Å². The summed E-state index contributed by atoms with van der Waals surface area (Å²) >= 11 is 12.0. The van der Waals surface area contributed by atoms with Gasteiger partial charge in [0.05, 0.1) is 22.7 Å².